The molecular weight excluding hydrogens is 298 g/mol. The molecule has 6 heteroatoms. The van der Waals surface area contributed by atoms with Crippen LogP contribution >= 0.6 is 11.3 Å². The summed E-state index contributed by atoms with van der Waals surface area (Å²) in [6, 6.07) is 6.16. The van der Waals surface area contributed by atoms with E-state index < -0.39 is 0 Å². The van der Waals surface area contributed by atoms with E-state index in [9.17, 15) is 4.79 Å². The topological polar surface area (TPSA) is 71.5 Å². The van der Waals surface area contributed by atoms with Crippen LogP contribution < -0.4 is 11.1 Å². The van der Waals surface area contributed by atoms with Crippen molar-refractivity contribution in [3.63, 3.8) is 0 Å². The normalized spacial score (nSPS) is 16.8. The lowest BCUT2D eigenvalue weighted by Gasteiger charge is -2.26. The summed E-state index contributed by atoms with van der Waals surface area (Å²) in [6.45, 7) is 3.12. The number of carbonyl (C=O) groups is 1. The van der Waals surface area contributed by atoms with Gasteiger partial charge in [0.05, 0.1) is 18.2 Å². The van der Waals surface area contributed by atoms with Crippen molar-refractivity contribution in [3.05, 3.63) is 46.0 Å². The van der Waals surface area contributed by atoms with Gasteiger partial charge in [0.25, 0.3) is 5.91 Å². The smallest absolute Gasteiger partial charge is 0.254 e. The Hall–Kier alpha value is -1.63. The first-order valence-corrected chi connectivity index (χ1v) is 8.49. The van der Waals surface area contributed by atoms with E-state index in [0.29, 0.717) is 24.4 Å². The van der Waals surface area contributed by atoms with Crippen molar-refractivity contribution >= 4 is 17.2 Å². The molecule has 1 aliphatic rings. The van der Waals surface area contributed by atoms with Crippen molar-refractivity contribution in [2.75, 3.05) is 19.6 Å². The molecule has 3 heterocycles. The summed E-state index contributed by atoms with van der Waals surface area (Å²) in [5, 5.41) is 5.11. The van der Waals surface area contributed by atoms with Gasteiger partial charge < -0.3 is 15.5 Å². The molecule has 22 heavy (non-hydrogen) atoms. The quantitative estimate of drug-likeness (QED) is 0.857. The zero-order valence-corrected chi connectivity index (χ0v) is 13.3. The molecule has 2 aromatic rings. The minimum atomic E-state index is -0.107. The second-order valence-electron chi connectivity index (χ2n) is 5.49. The summed E-state index contributed by atoms with van der Waals surface area (Å²) >= 11 is 1.75. The maximum atomic E-state index is 12.2. The number of furan rings is 1. The summed E-state index contributed by atoms with van der Waals surface area (Å²) in [4.78, 5) is 16.0. The van der Waals surface area contributed by atoms with Crippen LogP contribution in [-0.4, -0.2) is 30.4 Å². The van der Waals surface area contributed by atoms with Gasteiger partial charge in [0.2, 0.25) is 0 Å². The van der Waals surface area contributed by atoms with E-state index in [2.05, 4.69) is 27.7 Å². The molecule has 1 aliphatic heterocycles. The third kappa shape index (κ3) is 3.40. The van der Waals surface area contributed by atoms with Crippen LogP contribution in [0.25, 0.3) is 0 Å². The molecule has 1 fully saturated rings. The SMILES string of the molecule is NCc1cc(C(=O)NCC(c2cccs2)N2CCCC2)co1. The van der Waals surface area contributed by atoms with Crippen LogP contribution in [0.2, 0.25) is 0 Å². The maximum absolute atomic E-state index is 12.2. The molecule has 1 atom stereocenters. The van der Waals surface area contributed by atoms with E-state index in [1.54, 1.807) is 17.4 Å². The van der Waals surface area contributed by atoms with Gasteiger partial charge in [-0.1, -0.05) is 6.07 Å². The van der Waals surface area contributed by atoms with Gasteiger partial charge in [-0.25, -0.2) is 0 Å². The minimum Gasteiger partial charge on any atom is -0.467 e. The highest BCUT2D eigenvalue weighted by Crippen LogP contribution is 2.27. The Morgan fingerprint density at radius 2 is 2.27 bits per heavy atom. The number of nitrogens with one attached hydrogen (secondary N) is 1. The molecule has 3 N–H and O–H groups in total. The van der Waals surface area contributed by atoms with Crippen LogP contribution in [0.15, 0.2) is 34.3 Å². The summed E-state index contributed by atoms with van der Waals surface area (Å²) in [5.41, 5.74) is 6.04. The highest BCUT2D eigenvalue weighted by atomic mass is 32.1. The Morgan fingerprint density at radius 3 is 2.91 bits per heavy atom. The fraction of sp³-hybridized carbons (Fsp3) is 0.438. The predicted octanol–water partition coefficient (Wildman–Crippen LogP) is 2.37. The lowest BCUT2D eigenvalue weighted by Crippen LogP contribution is -2.36. The number of hydrogen-bond donors (Lipinski definition) is 2. The Kier molecular flexibility index (Phi) is 4.92. The van der Waals surface area contributed by atoms with Crippen molar-refractivity contribution in [2.45, 2.75) is 25.4 Å². The van der Waals surface area contributed by atoms with Crippen LogP contribution in [0.4, 0.5) is 0 Å². The summed E-state index contributed by atoms with van der Waals surface area (Å²) < 4.78 is 5.22. The van der Waals surface area contributed by atoms with Crippen molar-refractivity contribution in [1.82, 2.24) is 10.2 Å². The second kappa shape index (κ2) is 7.09. The highest BCUT2D eigenvalue weighted by Gasteiger charge is 2.25. The third-order valence-corrected chi connectivity index (χ3v) is 5.00. The number of nitrogens with zero attached hydrogens (tertiary/aromatic N) is 1. The van der Waals surface area contributed by atoms with Crippen molar-refractivity contribution in [1.29, 1.82) is 0 Å². The highest BCUT2D eigenvalue weighted by molar-refractivity contribution is 7.10. The number of carbonyl (C=O) groups excluding carboxylic acids is 1. The molecule has 0 saturated carbocycles. The van der Waals surface area contributed by atoms with Gasteiger partial charge in [-0.05, 0) is 43.4 Å². The molecule has 0 aliphatic carbocycles. The van der Waals surface area contributed by atoms with E-state index in [1.807, 2.05) is 0 Å². The molecule has 118 valence electrons. The summed E-state index contributed by atoms with van der Waals surface area (Å²) in [7, 11) is 0. The van der Waals surface area contributed by atoms with Crippen LogP contribution in [0, 0.1) is 0 Å². The molecule has 0 aromatic carbocycles. The largest absolute Gasteiger partial charge is 0.467 e. The number of hydrogen-bond acceptors (Lipinski definition) is 5. The number of likely N-dealkylation sites (tertiary alicyclic amines) is 1. The van der Waals surface area contributed by atoms with Crippen LogP contribution in [0.1, 0.15) is 39.9 Å². The van der Waals surface area contributed by atoms with E-state index in [1.165, 1.54) is 24.0 Å². The zero-order valence-electron chi connectivity index (χ0n) is 12.5. The molecule has 1 amide bonds. The first-order valence-electron chi connectivity index (χ1n) is 7.61. The molecule has 0 radical (unpaired) electrons. The molecule has 5 nitrogen and oxygen atoms in total. The fourth-order valence-corrected chi connectivity index (χ4v) is 3.70. The van der Waals surface area contributed by atoms with Crippen LogP contribution in [0.3, 0.4) is 0 Å². The lowest BCUT2D eigenvalue weighted by atomic mass is 10.2. The first-order chi connectivity index (χ1) is 10.8. The lowest BCUT2D eigenvalue weighted by molar-refractivity contribution is 0.0938. The summed E-state index contributed by atoms with van der Waals surface area (Å²) in [6.07, 6.45) is 3.93. The summed E-state index contributed by atoms with van der Waals surface area (Å²) in [5.74, 6) is 0.517. The van der Waals surface area contributed by atoms with Crippen LogP contribution in [-0.2, 0) is 6.54 Å². The molecular formula is C16H21N3O2S. The standard InChI is InChI=1S/C16H21N3O2S/c17-9-13-8-12(11-21-13)16(20)18-10-14(15-4-3-7-22-15)19-5-1-2-6-19/h3-4,7-8,11,14H,1-2,5-6,9-10,17H2,(H,18,20). The monoisotopic (exact) mass is 319 g/mol. The molecule has 0 bridgehead atoms. The number of amides is 1. The van der Waals surface area contributed by atoms with Crippen molar-refractivity contribution in [2.24, 2.45) is 5.73 Å². The Morgan fingerprint density at radius 1 is 1.45 bits per heavy atom. The van der Waals surface area contributed by atoms with Gasteiger partial charge >= 0.3 is 0 Å². The van der Waals surface area contributed by atoms with Gasteiger partial charge in [0.15, 0.2) is 0 Å². The number of thiophene rings is 1. The van der Waals surface area contributed by atoms with E-state index >= 15 is 0 Å². The van der Waals surface area contributed by atoms with Crippen molar-refractivity contribution in [3.8, 4) is 0 Å². The fourth-order valence-electron chi connectivity index (χ4n) is 2.84. The molecule has 3 rings (SSSR count). The van der Waals surface area contributed by atoms with Crippen LogP contribution in [0.5, 0.6) is 0 Å². The maximum Gasteiger partial charge on any atom is 0.254 e. The first kappa shape index (κ1) is 15.3. The average molecular weight is 319 g/mol. The van der Waals surface area contributed by atoms with E-state index in [-0.39, 0.29) is 11.9 Å². The van der Waals surface area contributed by atoms with Gasteiger partial charge in [0.1, 0.15) is 12.0 Å². The van der Waals surface area contributed by atoms with E-state index in [4.69, 9.17) is 10.2 Å². The predicted molar refractivity (Wildman–Crippen MR) is 86.8 cm³/mol. The molecule has 0 spiro atoms. The van der Waals surface area contributed by atoms with Gasteiger partial charge in [-0.3, -0.25) is 9.69 Å². The second-order valence-corrected chi connectivity index (χ2v) is 6.47. The molecule has 1 saturated heterocycles. The molecule has 2 aromatic heterocycles. The zero-order chi connectivity index (χ0) is 15.4. The number of rotatable bonds is 6. The third-order valence-electron chi connectivity index (χ3n) is 4.03. The Balaban J connectivity index is 1.64. The molecule has 1 unspecified atom stereocenters. The van der Waals surface area contributed by atoms with Gasteiger partial charge in [-0.2, -0.15) is 0 Å². The van der Waals surface area contributed by atoms with Gasteiger partial charge in [0, 0.05) is 11.4 Å². The van der Waals surface area contributed by atoms with Crippen molar-refractivity contribution < 1.29 is 9.21 Å². The Bertz CT molecular complexity index is 603. The average Bonchev–Trinajstić information content (AvgIpc) is 3.29. The van der Waals surface area contributed by atoms with Gasteiger partial charge in [-0.15, -0.1) is 11.3 Å². The number of nitrogens with two attached hydrogens (primary N) is 1. The van der Waals surface area contributed by atoms with E-state index in [0.717, 1.165) is 13.1 Å². The Labute approximate surface area is 134 Å². The minimum absolute atomic E-state index is 0.107.